The van der Waals surface area contributed by atoms with Crippen molar-refractivity contribution in [3.8, 4) is 0 Å². The van der Waals surface area contributed by atoms with E-state index in [1.165, 1.54) is 0 Å². The van der Waals surface area contributed by atoms with Gasteiger partial charge in [-0.15, -0.1) is 0 Å². The number of rotatable bonds is 2. The van der Waals surface area contributed by atoms with Crippen molar-refractivity contribution in [1.29, 1.82) is 0 Å². The van der Waals surface area contributed by atoms with Gasteiger partial charge in [-0.3, -0.25) is 14.5 Å². The third-order valence-electron chi connectivity index (χ3n) is 5.16. The third kappa shape index (κ3) is 2.54. The van der Waals surface area contributed by atoms with Gasteiger partial charge in [0.1, 0.15) is 11.5 Å². The number of anilines is 1. The molecule has 0 spiro atoms. The van der Waals surface area contributed by atoms with Crippen LogP contribution in [0.5, 0.6) is 0 Å². The standard InChI is InChI=1S/C17H20N6O3/c1-9-11-6-7-13(24)22(3)16(11)19-15(18-9)12-5-4-8-23(12)17(25)14-10(2)20-26-21-14/h12H,4-8H2,1-3H3. The third-order valence-corrected chi connectivity index (χ3v) is 5.16. The average molecular weight is 356 g/mol. The van der Waals surface area contributed by atoms with E-state index in [-0.39, 0.29) is 23.6 Å². The summed E-state index contributed by atoms with van der Waals surface area (Å²) in [4.78, 5) is 37.5. The molecule has 1 atom stereocenters. The molecule has 136 valence electrons. The first-order chi connectivity index (χ1) is 12.5. The second-order valence-corrected chi connectivity index (χ2v) is 6.78. The Morgan fingerprint density at radius 3 is 2.69 bits per heavy atom. The van der Waals surface area contributed by atoms with Crippen LogP contribution < -0.4 is 4.90 Å². The van der Waals surface area contributed by atoms with E-state index in [1.807, 2.05) is 6.92 Å². The second-order valence-electron chi connectivity index (χ2n) is 6.78. The van der Waals surface area contributed by atoms with E-state index < -0.39 is 0 Å². The van der Waals surface area contributed by atoms with Crippen LogP contribution in [-0.4, -0.2) is 50.6 Å². The Morgan fingerprint density at radius 1 is 1.15 bits per heavy atom. The van der Waals surface area contributed by atoms with Gasteiger partial charge in [0.2, 0.25) is 5.91 Å². The monoisotopic (exact) mass is 356 g/mol. The van der Waals surface area contributed by atoms with E-state index >= 15 is 0 Å². The number of likely N-dealkylation sites (tertiary alicyclic amines) is 1. The van der Waals surface area contributed by atoms with Crippen LogP contribution in [0, 0.1) is 13.8 Å². The summed E-state index contributed by atoms with van der Waals surface area (Å²) in [5, 5.41) is 7.42. The molecule has 2 aromatic rings. The Kier molecular flexibility index (Phi) is 3.93. The molecule has 26 heavy (non-hydrogen) atoms. The molecule has 2 amide bonds. The van der Waals surface area contributed by atoms with E-state index in [2.05, 4.69) is 24.9 Å². The number of carbonyl (C=O) groups excluding carboxylic acids is 2. The first-order valence-electron chi connectivity index (χ1n) is 8.71. The molecule has 1 unspecified atom stereocenters. The zero-order valence-electron chi connectivity index (χ0n) is 15.0. The lowest BCUT2D eigenvalue weighted by Gasteiger charge is -2.28. The molecule has 0 saturated carbocycles. The zero-order chi connectivity index (χ0) is 18.4. The second kappa shape index (κ2) is 6.15. The predicted octanol–water partition coefficient (Wildman–Crippen LogP) is 1.36. The summed E-state index contributed by atoms with van der Waals surface area (Å²) in [6.45, 7) is 4.22. The molecule has 1 fully saturated rings. The summed E-state index contributed by atoms with van der Waals surface area (Å²) in [7, 11) is 1.73. The molecule has 0 aliphatic carbocycles. The van der Waals surface area contributed by atoms with Crippen LogP contribution in [0.3, 0.4) is 0 Å². The number of aromatic nitrogens is 4. The van der Waals surface area contributed by atoms with E-state index in [9.17, 15) is 9.59 Å². The summed E-state index contributed by atoms with van der Waals surface area (Å²) in [5.74, 6) is 1.05. The molecule has 9 heteroatoms. The molecular formula is C17H20N6O3. The lowest BCUT2D eigenvalue weighted by molar-refractivity contribution is -0.118. The SMILES string of the molecule is Cc1nonc1C(=O)N1CCCC1c1nc(C)c2c(n1)N(C)C(=O)CC2. The molecule has 0 N–H and O–H groups in total. The number of aryl methyl sites for hydroxylation is 2. The van der Waals surface area contributed by atoms with Crippen LogP contribution in [-0.2, 0) is 11.2 Å². The van der Waals surface area contributed by atoms with Gasteiger partial charge in [0, 0.05) is 31.3 Å². The Hall–Kier alpha value is -2.84. The predicted molar refractivity (Wildman–Crippen MR) is 90.5 cm³/mol. The van der Waals surface area contributed by atoms with Gasteiger partial charge in [-0.05, 0) is 38.3 Å². The normalized spacial score (nSPS) is 19.8. The largest absolute Gasteiger partial charge is 0.327 e. The van der Waals surface area contributed by atoms with E-state index in [0.717, 1.165) is 24.1 Å². The van der Waals surface area contributed by atoms with Crippen molar-refractivity contribution >= 4 is 17.6 Å². The summed E-state index contributed by atoms with van der Waals surface area (Å²) in [5.41, 5.74) is 2.55. The number of amides is 2. The highest BCUT2D eigenvalue weighted by molar-refractivity contribution is 5.95. The maximum atomic E-state index is 12.8. The highest BCUT2D eigenvalue weighted by atomic mass is 16.6. The summed E-state index contributed by atoms with van der Waals surface area (Å²) < 4.78 is 4.66. The fourth-order valence-electron chi connectivity index (χ4n) is 3.68. The van der Waals surface area contributed by atoms with E-state index in [4.69, 9.17) is 0 Å². The zero-order valence-corrected chi connectivity index (χ0v) is 15.0. The quantitative estimate of drug-likeness (QED) is 0.800. The number of fused-ring (bicyclic) bond motifs is 1. The highest BCUT2D eigenvalue weighted by Gasteiger charge is 2.36. The first-order valence-corrected chi connectivity index (χ1v) is 8.71. The maximum Gasteiger partial charge on any atom is 0.278 e. The van der Waals surface area contributed by atoms with Crippen LogP contribution in [0.15, 0.2) is 4.63 Å². The molecule has 2 aliphatic heterocycles. The van der Waals surface area contributed by atoms with Gasteiger partial charge in [-0.1, -0.05) is 5.16 Å². The molecule has 9 nitrogen and oxygen atoms in total. The molecule has 2 aromatic heterocycles. The van der Waals surface area contributed by atoms with Crippen molar-refractivity contribution in [3.63, 3.8) is 0 Å². The molecule has 2 aliphatic rings. The highest BCUT2D eigenvalue weighted by Crippen LogP contribution is 2.34. The number of carbonyl (C=O) groups is 2. The molecule has 4 heterocycles. The van der Waals surface area contributed by atoms with Gasteiger partial charge in [0.15, 0.2) is 11.5 Å². The smallest absolute Gasteiger partial charge is 0.278 e. The van der Waals surface area contributed by atoms with Crippen LogP contribution in [0.25, 0.3) is 0 Å². The minimum atomic E-state index is -0.243. The summed E-state index contributed by atoms with van der Waals surface area (Å²) in [6, 6.07) is -0.243. The molecular weight excluding hydrogens is 336 g/mol. The molecule has 4 rings (SSSR count). The van der Waals surface area contributed by atoms with Crippen molar-refractivity contribution < 1.29 is 14.2 Å². The Labute approximate surface area is 150 Å². The minimum absolute atomic E-state index is 0.0465. The average Bonchev–Trinajstić information content (AvgIpc) is 3.26. The van der Waals surface area contributed by atoms with Crippen LogP contribution in [0.1, 0.15) is 58.6 Å². The molecule has 0 bridgehead atoms. The Balaban J connectivity index is 1.71. The van der Waals surface area contributed by atoms with Gasteiger partial charge in [0.05, 0.1) is 6.04 Å². The number of hydrogen-bond donors (Lipinski definition) is 0. The lowest BCUT2D eigenvalue weighted by atomic mass is 10.0. The van der Waals surface area contributed by atoms with Gasteiger partial charge in [0.25, 0.3) is 5.91 Å². The summed E-state index contributed by atoms with van der Waals surface area (Å²) in [6.07, 6.45) is 2.75. The number of hydrogen-bond acceptors (Lipinski definition) is 7. The topological polar surface area (TPSA) is 105 Å². The van der Waals surface area contributed by atoms with Gasteiger partial charge in [-0.25, -0.2) is 14.6 Å². The minimum Gasteiger partial charge on any atom is -0.327 e. The fraction of sp³-hybridized carbons (Fsp3) is 0.529. The maximum absolute atomic E-state index is 12.8. The van der Waals surface area contributed by atoms with Gasteiger partial charge < -0.3 is 4.90 Å². The van der Waals surface area contributed by atoms with Crippen molar-refractivity contribution in [2.45, 2.75) is 45.6 Å². The lowest BCUT2D eigenvalue weighted by Crippen LogP contribution is -2.35. The fourth-order valence-corrected chi connectivity index (χ4v) is 3.68. The van der Waals surface area contributed by atoms with Crippen LogP contribution in [0.2, 0.25) is 0 Å². The molecule has 0 aromatic carbocycles. The van der Waals surface area contributed by atoms with Gasteiger partial charge in [-0.2, -0.15) is 0 Å². The molecule has 1 saturated heterocycles. The number of nitrogens with zero attached hydrogens (tertiary/aromatic N) is 6. The van der Waals surface area contributed by atoms with Crippen LogP contribution >= 0.6 is 0 Å². The van der Waals surface area contributed by atoms with Crippen molar-refractivity contribution in [2.24, 2.45) is 0 Å². The van der Waals surface area contributed by atoms with E-state index in [1.54, 1.807) is 23.8 Å². The van der Waals surface area contributed by atoms with Crippen molar-refractivity contribution in [3.05, 3.63) is 28.5 Å². The Morgan fingerprint density at radius 2 is 1.96 bits per heavy atom. The van der Waals surface area contributed by atoms with Crippen molar-refractivity contribution in [2.75, 3.05) is 18.5 Å². The van der Waals surface area contributed by atoms with Crippen molar-refractivity contribution in [1.82, 2.24) is 25.2 Å². The summed E-state index contributed by atoms with van der Waals surface area (Å²) >= 11 is 0. The Bertz CT molecular complexity index is 893. The van der Waals surface area contributed by atoms with Gasteiger partial charge >= 0.3 is 0 Å². The van der Waals surface area contributed by atoms with Crippen LogP contribution in [0.4, 0.5) is 5.82 Å². The first kappa shape index (κ1) is 16.6. The van der Waals surface area contributed by atoms with E-state index in [0.29, 0.717) is 36.7 Å². The molecule has 0 radical (unpaired) electrons.